The molecule has 3 aromatic rings. The zero-order valence-corrected chi connectivity index (χ0v) is 16.7. The van der Waals surface area contributed by atoms with Crippen LogP contribution in [0, 0.1) is 12.8 Å². The quantitative estimate of drug-likeness (QED) is 0.713. The molecule has 1 unspecified atom stereocenters. The number of halogens is 1. The van der Waals surface area contributed by atoms with E-state index in [1.165, 1.54) is 0 Å². The van der Waals surface area contributed by atoms with Gasteiger partial charge < -0.3 is 14.7 Å². The summed E-state index contributed by atoms with van der Waals surface area (Å²) in [6.45, 7) is 5.27. The number of fused-ring (bicyclic) bond motifs is 1. The highest BCUT2D eigenvalue weighted by Gasteiger charge is 2.29. The zero-order valence-electron chi connectivity index (χ0n) is 15.9. The average Bonchev–Trinajstić information content (AvgIpc) is 3.12. The van der Waals surface area contributed by atoms with Gasteiger partial charge in [-0.2, -0.15) is 4.98 Å². The van der Waals surface area contributed by atoms with Crippen LogP contribution in [0.1, 0.15) is 31.3 Å². The van der Waals surface area contributed by atoms with Crippen LogP contribution in [0.4, 0.5) is 11.5 Å². The van der Waals surface area contributed by atoms with Crippen molar-refractivity contribution in [1.82, 2.24) is 15.1 Å². The Morgan fingerprint density at radius 3 is 2.96 bits per heavy atom. The van der Waals surface area contributed by atoms with Crippen molar-refractivity contribution in [2.24, 2.45) is 5.92 Å². The van der Waals surface area contributed by atoms with E-state index in [0.29, 0.717) is 28.8 Å². The second kappa shape index (κ2) is 7.75. The van der Waals surface area contributed by atoms with E-state index in [1.807, 2.05) is 32.0 Å². The molecule has 1 atom stereocenters. The number of hydrogen-bond donors (Lipinski definition) is 1. The maximum atomic E-state index is 12.8. The van der Waals surface area contributed by atoms with Gasteiger partial charge in [0.15, 0.2) is 0 Å². The monoisotopic (exact) mass is 399 g/mol. The fraction of sp³-hybridized carbons (Fsp3) is 0.400. The second-order valence-electron chi connectivity index (χ2n) is 7.01. The molecule has 1 N–H and O–H groups in total. The highest BCUT2D eigenvalue weighted by atomic mass is 35.5. The highest BCUT2D eigenvalue weighted by Crippen LogP contribution is 2.31. The molecule has 2 aromatic heterocycles. The third kappa shape index (κ3) is 3.54. The van der Waals surface area contributed by atoms with Crippen LogP contribution in [0.2, 0.25) is 5.02 Å². The highest BCUT2D eigenvalue weighted by molar-refractivity contribution is 6.33. The number of para-hydroxylation sites is 1. The lowest BCUT2D eigenvalue weighted by molar-refractivity contribution is -0.120. The molecule has 8 heteroatoms. The SMILES string of the molecule is CCc1noc2nc(C)nc(N3CCCC(C(=O)Nc4ccccc4Cl)C3)c12. The number of nitrogens with zero attached hydrogens (tertiary/aromatic N) is 4. The Hall–Kier alpha value is -2.67. The fourth-order valence-electron chi connectivity index (χ4n) is 3.65. The third-order valence-corrected chi connectivity index (χ3v) is 5.39. The summed E-state index contributed by atoms with van der Waals surface area (Å²) < 4.78 is 5.40. The average molecular weight is 400 g/mol. The Labute approximate surface area is 168 Å². The topological polar surface area (TPSA) is 84.2 Å². The Morgan fingerprint density at radius 1 is 1.36 bits per heavy atom. The first-order chi connectivity index (χ1) is 13.6. The van der Waals surface area contributed by atoms with E-state index in [-0.39, 0.29) is 11.8 Å². The Balaban J connectivity index is 1.59. The smallest absolute Gasteiger partial charge is 0.263 e. The van der Waals surface area contributed by atoms with Crippen molar-refractivity contribution in [3.8, 4) is 0 Å². The minimum atomic E-state index is -0.153. The molecule has 1 saturated heterocycles. The number of aryl methyl sites for hydroxylation is 2. The van der Waals surface area contributed by atoms with Gasteiger partial charge in [-0.15, -0.1) is 0 Å². The molecule has 1 aliphatic rings. The molecule has 1 aromatic carbocycles. The number of rotatable bonds is 4. The fourth-order valence-corrected chi connectivity index (χ4v) is 3.83. The molecular formula is C20H22ClN5O2. The Morgan fingerprint density at radius 2 is 2.18 bits per heavy atom. The van der Waals surface area contributed by atoms with E-state index < -0.39 is 0 Å². The molecule has 0 bridgehead atoms. The van der Waals surface area contributed by atoms with Crippen LogP contribution in [-0.4, -0.2) is 34.1 Å². The van der Waals surface area contributed by atoms with Crippen molar-refractivity contribution in [3.63, 3.8) is 0 Å². The van der Waals surface area contributed by atoms with Crippen LogP contribution in [0.3, 0.4) is 0 Å². The van der Waals surface area contributed by atoms with E-state index in [2.05, 4.69) is 25.3 Å². The molecule has 28 heavy (non-hydrogen) atoms. The van der Waals surface area contributed by atoms with Crippen molar-refractivity contribution in [2.75, 3.05) is 23.3 Å². The van der Waals surface area contributed by atoms with E-state index >= 15 is 0 Å². The first kappa shape index (κ1) is 18.7. The van der Waals surface area contributed by atoms with Gasteiger partial charge in [-0.05, 0) is 38.3 Å². The molecule has 0 radical (unpaired) electrons. The van der Waals surface area contributed by atoms with Gasteiger partial charge in [0.05, 0.1) is 22.3 Å². The normalized spacial score (nSPS) is 17.1. The number of amides is 1. The van der Waals surface area contributed by atoms with Crippen molar-refractivity contribution in [3.05, 3.63) is 40.8 Å². The summed E-state index contributed by atoms with van der Waals surface area (Å²) in [5.41, 5.74) is 1.98. The molecule has 7 nitrogen and oxygen atoms in total. The minimum absolute atomic E-state index is 0.0270. The van der Waals surface area contributed by atoms with E-state index in [1.54, 1.807) is 6.07 Å². The lowest BCUT2D eigenvalue weighted by Gasteiger charge is -2.33. The van der Waals surface area contributed by atoms with Crippen molar-refractivity contribution in [1.29, 1.82) is 0 Å². The second-order valence-corrected chi connectivity index (χ2v) is 7.42. The lowest BCUT2D eigenvalue weighted by atomic mass is 9.96. The molecule has 0 spiro atoms. The number of carbonyl (C=O) groups is 1. The molecule has 1 fully saturated rings. The van der Waals surface area contributed by atoms with Gasteiger partial charge in [-0.3, -0.25) is 4.79 Å². The van der Waals surface area contributed by atoms with Gasteiger partial charge >= 0.3 is 0 Å². The number of anilines is 2. The number of piperidine rings is 1. The van der Waals surface area contributed by atoms with Crippen LogP contribution in [0.15, 0.2) is 28.8 Å². The minimum Gasteiger partial charge on any atom is -0.355 e. The first-order valence-electron chi connectivity index (χ1n) is 9.50. The summed E-state index contributed by atoms with van der Waals surface area (Å²) in [7, 11) is 0. The first-order valence-corrected chi connectivity index (χ1v) is 9.88. The molecule has 1 aliphatic heterocycles. The van der Waals surface area contributed by atoms with Crippen molar-refractivity contribution >= 4 is 40.1 Å². The largest absolute Gasteiger partial charge is 0.355 e. The zero-order chi connectivity index (χ0) is 19.7. The van der Waals surface area contributed by atoms with Gasteiger partial charge in [0, 0.05) is 13.1 Å². The number of nitrogens with one attached hydrogen (secondary N) is 1. The number of aromatic nitrogens is 3. The van der Waals surface area contributed by atoms with Gasteiger partial charge in [0.2, 0.25) is 5.91 Å². The van der Waals surface area contributed by atoms with Crippen molar-refractivity contribution in [2.45, 2.75) is 33.1 Å². The molecule has 1 amide bonds. The summed E-state index contributed by atoms with van der Waals surface area (Å²) in [4.78, 5) is 24.0. The standard InChI is InChI=1S/C20H22ClN5O2/c1-3-15-17-18(22-12(2)23-20(17)28-25-15)26-10-6-7-13(11-26)19(27)24-16-9-5-4-8-14(16)21/h4-5,8-9,13H,3,6-7,10-11H2,1-2H3,(H,24,27). The Kier molecular flexibility index (Phi) is 5.17. The molecular weight excluding hydrogens is 378 g/mol. The van der Waals surface area contributed by atoms with Gasteiger partial charge in [0.1, 0.15) is 17.0 Å². The van der Waals surface area contributed by atoms with E-state index in [4.69, 9.17) is 16.1 Å². The van der Waals surface area contributed by atoms with Crippen LogP contribution in [0.5, 0.6) is 0 Å². The van der Waals surface area contributed by atoms with Gasteiger partial charge in [0.25, 0.3) is 5.71 Å². The van der Waals surface area contributed by atoms with Crippen molar-refractivity contribution < 1.29 is 9.32 Å². The predicted molar refractivity (Wildman–Crippen MR) is 109 cm³/mol. The van der Waals surface area contributed by atoms with E-state index in [0.717, 1.165) is 42.7 Å². The van der Waals surface area contributed by atoms with E-state index in [9.17, 15) is 4.79 Å². The summed E-state index contributed by atoms with van der Waals surface area (Å²) in [5, 5.41) is 8.47. The molecule has 3 heterocycles. The molecule has 0 aliphatic carbocycles. The summed E-state index contributed by atoms with van der Waals surface area (Å²) in [5.74, 6) is 1.25. The number of carbonyl (C=O) groups excluding carboxylic acids is 1. The summed E-state index contributed by atoms with van der Waals surface area (Å²) in [6, 6.07) is 7.27. The van der Waals surface area contributed by atoms with Gasteiger partial charge in [-0.1, -0.05) is 35.8 Å². The summed E-state index contributed by atoms with van der Waals surface area (Å²) >= 11 is 6.18. The summed E-state index contributed by atoms with van der Waals surface area (Å²) in [6.07, 6.45) is 2.46. The van der Waals surface area contributed by atoms with Crippen LogP contribution < -0.4 is 10.2 Å². The van der Waals surface area contributed by atoms with Gasteiger partial charge in [-0.25, -0.2) is 4.98 Å². The third-order valence-electron chi connectivity index (χ3n) is 5.06. The number of hydrogen-bond acceptors (Lipinski definition) is 6. The predicted octanol–water partition coefficient (Wildman–Crippen LogP) is 4.00. The molecule has 4 rings (SSSR count). The molecule has 146 valence electrons. The molecule has 0 saturated carbocycles. The Bertz CT molecular complexity index is 1020. The maximum Gasteiger partial charge on any atom is 0.263 e. The van der Waals surface area contributed by atoms with Crippen LogP contribution >= 0.6 is 11.6 Å². The number of benzene rings is 1. The van der Waals surface area contributed by atoms with Crippen LogP contribution in [0.25, 0.3) is 11.1 Å². The maximum absolute atomic E-state index is 12.8. The lowest BCUT2D eigenvalue weighted by Crippen LogP contribution is -2.41. The van der Waals surface area contributed by atoms with Crippen LogP contribution in [-0.2, 0) is 11.2 Å².